The molecule has 0 aliphatic heterocycles. The minimum atomic E-state index is 0.108. The van der Waals surface area contributed by atoms with Crippen LogP contribution >= 0.6 is 0 Å². The molecule has 63 valence electrons. The predicted molar refractivity (Wildman–Crippen MR) is 46.6 cm³/mol. The SMILES string of the molecule is C=COC([Si])=C(OC=C)OC=C. The highest BCUT2D eigenvalue weighted by Gasteiger charge is 2.02. The zero-order valence-corrected chi connectivity index (χ0v) is 7.58. The van der Waals surface area contributed by atoms with Gasteiger partial charge in [0, 0.05) is 0 Å². The van der Waals surface area contributed by atoms with E-state index in [0.29, 0.717) is 0 Å². The van der Waals surface area contributed by atoms with Gasteiger partial charge in [-0.3, -0.25) is 0 Å². The highest BCUT2D eigenvalue weighted by molar-refractivity contribution is 6.20. The fourth-order valence-corrected chi connectivity index (χ4v) is 0.619. The molecule has 3 nitrogen and oxygen atoms in total. The topological polar surface area (TPSA) is 27.7 Å². The highest BCUT2D eigenvalue weighted by Crippen LogP contribution is 2.07. The lowest BCUT2D eigenvalue weighted by Crippen LogP contribution is -1.97. The van der Waals surface area contributed by atoms with Crippen molar-refractivity contribution in [1.29, 1.82) is 0 Å². The largest absolute Gasteiger partial charge is 0.469 e. The molecule has 0 fully saturated rings. The molecule has 3 radical (unpaired) electrons. The molecule has 0 aliphatic carbocycles. The molecule has 0 amide bonds. The Hall–Kier alpha value is -1.42. The Bertz CT molecular complexity index is 196. The summed E-state index contributed by atoms with van der Waals surface area (Å²) in [5, 5.41) is 0.254. The van der Waals surface area contributed by atoms with E-state index < -0.39 is 0 Å². The van der Waals surface area contributed by atoms with E-state index in [1.54, 1.807) is 0 Å². The monoisotopic (exact) mass is 181 g/mol. The van der Waals surface area contributed by atoms with Gasteiger partial charge in [-0.15, -0.1) is 0 Å². The van der Waals surface area contributed by atoms with E-state index in [0.717, 1.165) is 0 Å². The van der Waals surface area contributed by atoms with E-state index in [9.17, 15) is 0 Å². The van der Waals surface area contributed by atoms with Crippen LogP contribution in [0.4, 0.5) is 0 Å². The molecular formula is C8H9O3Si. The Morgan fingerprint density at radius 1 is 0.917 bits per heavy atom. The molecule has 0 unspecified atom stereocenters. The summed E-state index contributed by atoms with van der Waals surface area (Å²) in [6.45, 7) is 10.1. The van der Waals surface area contributed by atoms with Gasteiger partial charge >= 0.3 is 5.95 Å². The molecule has 0 saturated carbocycles. The van der Waals surface area contributed by atoms with Gasteiger partial charge in [0.05, 0.1) is 18.8 Å². The zero-order chi connectivity index (χ0) is 9.40. The van der Waals surface area contributed by atoms with Crippen LogP contribution in [0, 0.1) is 0 Å². The first kappa shape index (κ1) is 10.6. The van der Waals surface area contributed by atoms with Crippen molar-refractivity contribution in [3.63, 3.8) is 0 Å². The van der Waals surface area contributed by atoms with Gasteiger partial charge in [-0.2, -0.15) is 0 Å². The molecule has 0 atom stereocenters. The van der Waals surface area contributed by atoms with Gasteiger partial charge in [0.15, 0.2) is 5.38 Å². The van der Waals surface area contributed by atoms with Crippen molar-refractivity contribution >= 4 is 10.2 Å². The van der Waals surface area contributed by atoms with Crippen molar-refractivity contribution in [2.75, 3.05) is 0 Å². The minimum absolute atomic E-state index is 0.108. The van der Waals surface area contributed by atoms with Crippen LogP contribution < -0.4 is 0 Å². The van der Waals surface area contributed by atoms with E-state index in [1.807, 2.05) is 0 Å². The average Bonchev–Trinajstić information content (AvgIpc) is 2.04. The van der Waals surface area contributed by atoms with Gasteiger partial charge in [0.2, 0.25) is 0 Å². The summed E-state index contributed by atoms with van der Waals surface area (Å²) in [5.41, 5.74) is 0. The molecule has 0 N–H and O–H groups in total. The van der Waals surface area contributed by atoms with Crippen molar-refractivity contribution in [1.82, 2.24) is 0 Å². The molecule has 12 heavy (non-hydrogen) atoms. The molecule has 0 rings (SSSR count). The Kier molecular flexibility index (Phi) is 5.55. The maximum Gasteiger partial charge on any atom is 0.323 e. The number of ether oxygens (including phenoxy) is 3. The molecule has 0 saturated heterocycles. The summed E-state index contributed by atoms with van der Waals surface area (Å²) in [7, 11) is 3.10. The van der Waals surface area contributed by atoms with Crippen LogP contribution in [0.5, 0.6) is 0 Å². The minimum Gasteiger partial charge on any atom is -0.469 e. The lowest BCUT2D eigenvalue weighted by Gasteiger charge is -2.07. The number of hydrogen-bond acceptors (Lipinski definition) is 3. The molecule has 0 aromatic heterocycles. The smallest absolute Gasteiger partial charge is 0.323 e. The summed E-state index contributed by atoms with van der Waals surface area (Å²) in [5.74, 6) is 0.108. The summed E-state index contributed by atoms with van der Waals surface area (Å²) >= 11 is 0. The summed E-state index contributed by atoms with van der Waals surface area (Å²) in [4.78, 5) is 0. The lowest BCUT2D eigenvalue weighted by molar-refractivity contribution is 0.129. The van der Waals surface area contributed by atoms with Gasteiger partial charge in [0.1, 0.15) is 10.2 Å². The van der Waals surface area contributed by atoms with Gasteiger partial charge in [-0.1, -0.05) is 19.7 Å². The third-order valence-corrected chi connectivity index (χ3v) is 1.09. The normalized spacial score (nSPS) is 7.75. The average molecular weight is 181 g/mol. The van der Waals surface area contributed by atoms with Crippen molar-refractivity contribution in [3.8, 4) is 0 Å². The molecule has 0 bridgehead atoms. The third kappa shape index (κ3) is 3.67. The Balaban J connectivity index is 4.39. The molecule has 0 spiro atoms. The van der Waals surface area contributed by atoms with Crippen LogP contribution in [0.1, 0.15) is 0 Å². The van der Waals surface area contributed by atoms with E-state index in [2.05, 4.69) is 30.0 Å². The Labute approximate surface area is 75.0 Å². The molecule has 0 aliphatic rings. The summed E-state index contributed by atoms with van der Waals surface area (Å²) in [6.07, 6.45) is 3.62. The van der Waals surface area contributed by atoms with Gasteiger partial charge in [-0.25, -0.2) is 0 Å². The number of hydrogen-bond donors (Lipinski definition) is 0. The van der Waals surface area contributed by atoms with Crippen molar-refractivity contribution < 1.29 is 14.2 Å². The second-order valence-electron chi connectivity index (χ2n) is 1.47. The molecular weight excluding hydrogens is 172 g/mol. The standard InChI is InChI=1S/C8H9O3Si/c1-4-9-7(10-5-2)8(12)11-6-3/h4-6H,1-3H2. The van der Waals surface area contributed by atoms with Crippen LogP contribution in [-0.2, 0) is 14.2 Å². The molecule has 0 heterocycles. The highest BCUT2D eigenvalue weighted by atomic mass is 28.1. The van der Waals surface area contributed by atoms with E-state index >= 15 is 0 Å². The van der Waals surface area contributed by atoms with Crippen LogP contribution in [-0.4, -0.2) is 10.2 Å². The third-order valence-electron chi connectivity index (χ3n) is 0.767. The molecule has 0 aromatic carbocycles. The summed E-state index contributed by atoms with van der Waals surface area (Å²) in [6, 6.07) is 0. The second-order valence-corrected chi connectivity index (χ2v) is 1.92. The summed E-state index contributed by atoms with van der Waals surface area (Å²) < 4.78 is 14.5. The van der Waals surface area contributed by atoms with Gasteiger partial charge in [-0.05, 0) is 0 Å². The van der Waals surface area contributed by atoms with Crippen molar-refractivity contribution in [2.24, 2.45) is 0 Å². The van der Waals surface area contributed by atoms with Gasteiger partial charge in [0.25, 0.3) is 0 Å². The lowest BCUT2D eigenvalue weighted by atomic mass is 10.9. The zero-order valence-electron chi connectivity index (χ0n) is 6.58. The fraction of sp³-hybridized carbons (Fsp3) is 0. The van der Waals surface area contributed by atoms with Crippen LogP contribution in [0.25, 0.3) is 0 Å². The maximum atomic E-state index is 4.83. The quantitative estimate of drug-likeness (QED) is 0.461. The fourth-order valence-electron chi connectivity index (χ4n) is 0.418. The molecule has 0 aromatic rings. The predicted octanol–water partition coefficient (Wildman–Crippen LogP) is 1.76. The number of rotatable bonds is 6. The first-order chi connectivity index (χ1) is 5.76. The van der Waals surface area contributed by atoms with Crippen LogP contribution in [0.15, 0.2) is 49.9 Å². The van der Waals surface area contributed by atoms with Crippen LogP contribution in [0.2, 0.25) is 0 Å². The van der Waals surface area contributed by atoms with E-state index in [-0.39, 0.29) is 11.3 Å². The van der Waals surface area contributed by atoms with Gasteiger partial charge < -0.3 is 14.2 Å². The first-order valence-corrected chi connectivity index (χ1v) is 3.54. The second kappa shape index (κ2) is 6.30. The first-order valence-electron chi connectivity index (χ1n) is 3.04. The van der Waals surface area contributed by atoms with Crippen LogP contribution in [0.3, 0.4) is 0 Å². The van der Waals surface area contributed by atoms with E-state index in [4.69, 9.17) is 14.2 Å². The molecule has 4 heteroatoms. The Morgan fingerprint density at radius 3 is 1.67 bits per heavy atom. The Morgan fingerprint density at radius 2 is 1.33 bits per heavy atom. The van der Waals surface area contributed by atoms with E-state index in [1.165, 1.54) is 18.8 Å². The van der Waals surface area contributed by atoms with Crippen molar-refractivity contribution in [3.05, 3.63) is 49.9 Å². The maximum absolute atomic E-state index is 4.83. The van der Waals surface area contributed by atoms with Crippen molar-refractivity contribution in [2.45, 2.75) is 0 Å².